The molecule has 0 aromatic carbocycles. The molecule has 2 aliphatic rings. The molecule has 0 amide bonds. The summed E-state index contributed by atoms with van der Waals surface area (Å²) in [6.07, 6.45) is 1.42. The van der Waals surface area contributed by atoms with Crippen LogP contribution >= 0.6 is 0 Å². The Labute approximate surface area is 102 Å². The molecule has 17 heavy (non-hydrogen) atoms. The highest BCUT2D eigenvalue weighted by Crippen LogP contribution is 2.57. The molecule has 1 N–H and O–H groups in total. The van der Waals surface area contributed by atoms with Gasteiger partial charge in [0.1, 0.15) is 11.2 Å². The molecule has 1 aliphatic heterocycles. The van der Waals surface area contributed by atoms with E-state index in [9.17, 15) is 9.90 Å². The molecule has 0 aromatic rings. The van der Waals surface area contributed by atoms with Gasteiger partial charge in [-0.2, -0.15) is 0 Å². The first-order valence-electron chi connectivity index (χ1n) is 5.95. The number of hydrogen-bond acceptors (Lipinski definition) is 4. The molecule has 3 unspecified atom stereocenters. The van der Waals surface area contributed by atoms with E-state index >= 15 is 0 Å². The zero-order chi connectivity index (χ0) is 12.8. The normalized spacial score (nSPS) is 43.8. The Morgan fingerprint density at radius 2 is 2.29 bits per heavy atom. The van der Waals surface area contributed by atoms with Crippen LogP contribution in [0.3, 0.4) is 0 Å². The van der Waals surface area contributed by atoms with Crippen LogP contribution in [-0.2, 0) is 14.3 Å². The lowest BCUT2D eigenvalue weighted by Gasteiger charge is -2.38. The van der Waals surface area contributed by atoms with Gasteiger partial charge in [-0.1, -0.05) is 12.2 Å². The molecule has 0 bridgehead atoms. The van der Waals surface area contributed by atoms with Gasteiger partial charge >= 0.3 is 5.97 Å². The Morgan fingerprint density at radius 3 is 2.82 bits per heavy atom. The van der Waals surface area contributed by atoms with Crippen LogP contribution in [0.15, 0.2) is 12.2 Å². The minimum atomic E-state index is -1.13. The fourth-order valence-corrected chi connectivity index (χ4v) is 2.83. The molecule has 1 heterocycles. The molecule has 2 rings (SSSR count). The Balaban J connectivity index is 2.18. The Kier molecular flexibility index (Phi) is 2.83. The van der Waals surface area contributed by atoms with Crippen LogP contribution in [0.25, 0.3) is 0 Å². The lowest BCUT2D eigenvalue weighted by Crippen LogP contribution is -2.51. The number of esters is 1. The van der Waals surface area contributed by atoms with Crippen molar-refractivity contribution in [1.82, 2.24) is 0 Å². The van der Waals surface area contributed by atoms with E-state index in [-0.39, 0.29) is 18.4 Å². The summed E-state index contributed by atoms with van der Waals surface area (Å²) in [6.45, 7) is 7.76. The van der Waals surface area contributed by atoms with Crippen molar-refractivity contribution in [3.63, 3.8) is 0 Å². The van der Waals surface area contributed by atoms with E-state index in [0.717, 1.165) is 12.0 Å². The summed E-state index contributed by atoms with van der Waals surface area (Å²) in [5, 5.41) is 10.7. The first kappa shape index (κ1) is 12.6. The van der Waals surface area contributed by atoms with Gasteiger partial charge in [-0.3, -0.25) is 4.79 Å². The van der Waals surface area contributed by atoms with Crippen LogP contribution in [0.2, 0.25) is 0 Å². The van der Waals surface area contributed by atoms with Gasteiger partial charge in [-0.05, 0) is 32.6 Å². The van der Waals surface area contributed by atoms with Gasteiger partial charge in [0.2, 0.25) is 0 Å². The lowest BCUT2D eigenvalue weighted by atomic mass is 9.68. The summed E-state index contributed by atoms with van der Waals surface area (Å²) >= 11 is 0. The summed E-state index contributed by atoms with van der Waals surface area (Å²) in [5.74, 6) is -0.185. The van der Waals surface area contributed by atoms with Crippen LogP contribution in [-0.4, -0.2) is 35.5 Å². The zero-order valence-corrected chi connectivity index (χ0v) is 10.7. The van der Waals surface area contributed by atoms with Gasteiger partial charge in [-0.25, -0.2) is 0 Å². The monoisotopic (exact) mass is 240 g/mol. The average Bonchev–Trinajstić information content (AvgIpc) is 2.90. The average molecular weight is 240 g/mol. The van der Waals surface area contributed by atoms with Crippen molar-refractivity contribution in [3.05, 3.63) is 12.2 Å². The zero-order valence-electron chi connectivity index (χ0n) is 10.7. The highest BCUT2D eigenvalue weighted by atomic mass is 16.6. The van der Waals surface area contributed by atoms with Crippen molar-refractivity contribution in [2.45, 2.75) is 50.4 Å². The van der Waals surface area contributed by atoms with Crippen LogP contribution in [0.5, 0.6) is 0 Å². The number of methoxy groups -OCH3 is 1. The van der Waals surface area contributed by atoms with Gasteiger partial charge in [0.25, 0.3) is 0 Å². The largest absolute Gasteiger partial charge is 0.469 e. The van der Waals surface area contributed by atoms with E-state index in [0.29, 0.717) is 6.42 Å². The number of ether oxygens (including phenoxy) is 2. The van der Waals surface area contributed by atoms with Crippen LogP contribution in [0.1, 0.15) is 33.1 Å². The Hall–Kier alpha value is -0.870. The second kappa shape index (κ2) is 3.82. The standard InChI is InChI=1S/C13H20O4/c1-8(2)9-5-10-12(3,17-10)13(15,6-9)7-11(14)16-4/h9-10,15H,1,5-7H2,2-4H3/t9-,10?,12?,13?/m0/s1. The summed E-state index contributed by atoms with van der Waals surface area (Å²) in [4.78, 5) is 11.4. The molecule has 0 radical (unpaired) electrons. The summed E-state index contributed by atoms with van der Waals surface area (Å²) in [5.41, 5.74) is -0.689. The molecule has 1 aliphatic carbocycles. The third-order valence-electron chi connectivity index (χ3n) is 4.31. The highest BCUT2D eigenvalue weighted by Gasteiger charge is 2.69. The Bertz CT molecular complexity index is 364. The number of carbonyl (C=O) groups excluding carboxylic acids is 1. The predicted octanol–water partition coefficient (Wildman–Crippen LogP) is 1.42. The second-order valence-electron chi connectivity index (χ2n) is 5.48. The van der Waals surface area contributed by atoms with Crippen molar-refractivity contribution in [1.29, 1.82) is 0 Å². The summed E-state index contributed by atoms with van der Waals surface area (Å²) < 4.78 is 10.3. The SMILES string of the molecule is C=C(C)[C@H]1CC2OC2(C)C(O)(CC(=O)OC)C1. The van der Waals surface area contributed by atoms with Gasteiger partial charge in [0, 0.05) is 0 Å². The van der Waals surface area contributed by atoms with E-state index in [1.807, 2.05) is 13.8 Å². The van der Waals surface area contributed by atoms with Crippen LogP contribution in [0.4, 0.5) is 0 Å². The topological polar surface area (TPSA) is 59.1 Å². The maximum atomic E-state index is 11.4. The lowest BCUT2D eigenvalue weighted by molar-refractivity contribution is -0.151. The van der Waals surface area contributed by atoms with E-state index in [1.165, 1.54) is 7.11 Å². The number of fused-ring (bicyclic) bond motifs is 1. The first-order chi connectivity index (χ1) is 7.82. The quantitative estimate of drug-likeness (QED) is 0.460. The van der Waals surface area contributed by atoms with Crippen molar-refractivity contribution in [2.24, 2.45) is 5.92 Å². The van der Waals surface area contributed by atoms with Crippen molar-refractivity contribution >= 4 is 5.97 Å². The number of allylic oxidation sites excluding steroid dienone is 1. The van der Waals surface area contributed by atoms with Gasteiger partial charge in [-0.15, -0.1) is 0 Å². The third-order valence-corrected chi connectivity index (χ3v) is 4.31. The molecular weight excluding hydrogens is 220 g/mol. The van der Waals surface area contributed by atoms with Gasteiger partial charge in [0.15, 0.2) is 0 Å². The van der Waals surface area contributed by atoms with Crippen molar-refractivity contribution in [3.8, 4) is 0 Å². The van der Waals surface area contributed by atoms with Crippen LogP contribution in [0, 0.1) is 5.92 Å². The number of rotatable bonds is 3. The fraction of sp³-hybridized carbons (Fsp3) is 0.769. The number of hydrogen-bond donors (Lipinski definition) is 1. The number of carbonyl (C=O) groups is 1. The molecule has 0 spiro atoms. The molecule has 2 fully saturated rings. The minimum Gasteiger partial charge on any atom is -0.469 e. The highest BCUT2D eigenvalue weighted by molar-refractivity contribution is 5.71. The van der Waals surface area contributed by atoms with E-state index in [1.54, 1.807) is 0 Å². The molecule has 96 valence electrons. The first-order valence-corrected chi connectivity index (χ1v) is 5.95. The van der Waals surface area contributed by atoms with Gasteiger partial charge in [0.05, 0.1) is 19.6 Å². The smallest absolute Gasteiger partial charge is 0.308 e. The number of epoxide rings is 1. The van der Waals surface area contributed by atoms with Crippen LogP contribution < -0.4 is 0 Å². The fourth-order valence-electron chi connectivity index (χ4n) is 2.83. The van der Waals surface area contributed by atoms with Crippen molar-refractivity contribution < 1.29 is 19.4 Å². The maximum absolute atomic E-state index is 11.4. The predicted molar refractivity (Wildman–Crippen MR) is 62.4 cm³/mol. The maximum Gasteiger partial charge on any atom is 0.308 e. The molecule has 0 aromatic heterocycles. The third kappa shape index (κ3) is 1.89. The van der Waals surface area contributed by atoms with E-state index < -0.39 is 17.2 Å². The molecule has 1 saturated carbocycles. The molecule has 4 heteroatoms. The van der Waals surface area contributed by atoms with E-state index in [2.05, 4.69) is 11.3 Å². The Morgan fingerprint density at radius 1 is 1.65 bits per heavy atom. The molecule has 4 atom stereocenters. The number of aliphatic hydroxyl groups is 1. The summed E-state index contributed by atoms with van der Waals surface area (Å²) in [6, 6.07) is 0. The summed E-state index contributed by atoms with van der Waals surface area (Å²) in [7, 11) is 1.33. The second-order valence-corrected chi connectivity index (χ2v) is 5.48. The molecule has 4 nitrogen and oxygen atoms in total. The molecular formula is C13H20O4. The van der Waals surface area contributed by atoms with E-state index in [4.69, 9.17) is 4.74 Å². The minimum absolute atomic E-state index is 0.0136. The van der Waals surface area contributed by atoms with Crippen molar-refractivity contribution in [2.75, 3.05) is 7.11 Å². The molecule has 1 saturated heterocycles. The van der Waals surface area contributed by atoms with Gasteiger partial charge < -0.3 is 14.6 Å².